The first-order valence-corrected chi connectivity index (χ1v) is 10.3. The average molecular weight is 464 g/mol. The number of ketones is 1. The van der Waals surface area contributed by atoms with Crippen molar-refractivity contribution in [1.82, 2.24) is 0 Å². The maximum absolute atomic E-state index is 12.9. The highest BCUT2D eigenvalue weighted by atomic mass is 35.5. The summed E-state index contributed by atoms with van der Waals surface area (Å²) in [6.45, 7) is 5.58. The summed E-state index contributed by atoms with van der Waals surface area (Å²) in [5.41, 5.74) is 0.488. The van der Waals surface area contributed by atoms with Crippen molar-refractivity contribution < 1.29 is 28.5 Å². The zero-order valence-corrected chi connectivity index (χ0v) is 19.4. The lowest BCUT2D eigenvalue weighted by atomic mass is 10.2. The lowest BCUT2D eigenvalue weighted by molar-refractivity contribution is -0.126. The third kappa shape index (κ3) is 6.10. The molecule has 1 amide bonds. The number of Topliss-reactive ketones (excluding diaryl/α,β-unsaturated/α-hetero) is 1. The maximum atomic E-state index is 12.9. The number of anilines is 1. The number of benzene rings is 2. The van der Waals surface area contributed by atoms with Crippen LogP contribution in [0.3, 0.4) is 0 Å². The van der Waals surface area contributed by atoms with Crippen LogP contribution < -0.4 is 24.3 Å². The molecule has 0 saturated carbocycles. The molecule has 172 valence electrons. The van der Waals surface area contributed by atoms with Gasteiger partial charge in [-0.15, -0.1) is 0 Å². The predicted molar refractivity (Wildman–Crippen MR) is 121 cm³/mol. The van der Waals surface area contributed by atoms with Gasteiger partial charge >= 0.3 is 0 Å². The molecule has 0 aliphatic rings. The number of amides is 1. The average Bonchev–Trinajstić information content (AvgIpc) is 2.78. The van der Waals surface area contributed by atoms with E-state index in [2.05, 4.69) is 15.5 Å². The first kappa shape index (κ1) is 24.9. The van der Waals surface area contributed by atoms with E-state index in [1.165, 1.54) is 21.1 Å². The largest absolute Gasteiger partial charge is 0.497 e. The van der Waals surface area contributed by atoms with Gasteiger partial charge < -0.3 is 24.3 Å². The second-order valence-corrected chi connectivity index (χ2v) is 6.75. The smallest absolute Gasteiger partial charge is 0.258 e. The summed E-state index contributed by atoms with van der Waals surface area (Å²) < 4.78 is 21.4. The summed E-state index contributed by atoms with van der Waals surface area (Å²) in [6.07, 6.45) is 0. The number of hydrogen-bond donors (Lipinski definition) is 1. The van der Waals surface area contributed by atoms with E-state index in [0.29, 0.717) is 41.9 Å². The quantitative estimate of drug-likeness (QED) is 0.377. The molecule has 0 aliphatic heterocycles. The normalized spacial score (nSPS) is 11.7. The van der Waals surface area contributed by atoms with Crippen molar-refractivity contribution in [2.75, 3.05) is 32.8 Å². The number of ether oxygens (including phenoxy) is 4. The molecule has 0 radical (unpaired) electrons. The third-order valence-electron chi connectivity index (χ3n) is 4.22. The molecule has 2 rings (SSSR count). The molecule has 0 fully saturated rings. The fourth-order valence-electron chi connectivity index (χ4n) is 2.70. The molecule has 1 unspecified atom stereocenters. The predicted octanol–water partition coefficient (Wildman–Crippen LogP) is 4.83. The van der Waals surface area contributed by atoms with Gasteiger partial charge in [-0.05, 0) is 45.0 Å². The monoisotopic (exact) mass is 463 g/mol. The number of halogens is 1. The molecular formula is C22H26ClN3O6. The van der Waals surface area contributed by atoms with Crippen molar-refractivity contribution in [3.05, 3.63) is 35.4 Å². The Hall–Kier alpha value is -3.33. The van der Waals surface area contributed by atoms with Crippen LogP contribution in [0.4, 0.5) is 11.4 Å². The molecule has 2 aromatic rings. The number of hydrogen-bond acceptors (Lipinski definition) is 8. The molecule has 0 aromatic heterocycles. The van der Waals surface area contributed by atoms with Crippen LogP contribution in [0.15, 0.2) is 40.6 Å². The highest BCUT2D eigenvalue weighted by molar-refractivity contribution is 6.35. The van der Waals surface area contributed by atoms with Crippen LogP contribution in [0.25, 0.3) is 0 Å². The minimum atomic E-state index is -1.42. The molecule has 0 bridgehead atoms. The molecule has 0 spiro atoms. The van der Waals surface area contributed by atoms with Gasteiger partial charge in [0.1, 0.15) is 39.4 Å². The van der Waals surface area contributed by atoms with Gasteiger partial charge in [0.15, 0.2) is 5.78 Å². The van der Waals surface area contributed by atoms with E-state index in [1.807, 2.05) is 6.92 Å². The molecule has 1 N–H and O–H groups in total. The minimum Gasteiger partial charge on any atom is -0.497 e. The first-order chi connectivity index (χ1) is 15.4. The van der Waals surface area contributed by atoms with Gasteiger partial charge in [0.25, 0.3) is 5.91 Å². The summed E-state index contributed by atoms with van der Waals surface area (Å²) in [6, 6.07) is 6.75. The second kappa shape index (κ2) is 11.9. The molecule has 0 aliphatic carbocycles. The Balaban J connectivity index is 2.37. The van der Waals surface area contributed by atoms with Gasteiger partial charge in [0.05, 0.1) is 27.4 Å². The molecular weight excluding hydrogens is 438 g/mol. The zero-order chi connectivity index (χ0) is 23.7. The summed E-state index contributed by atoms with van der Waals surface area (Å²) in [7, 11) is 2.98. The van der Waals surface area contributed by atoms with Gasteiger partial charge in [-0.2, -0.15) is 10.2 Å². The summed E-state index contributed by atoms with van der Waals surface area (Å²) in [5.74, 6) is 0.397. The number of nitrogens with zero attached hydrogens (tertiary/aromatic N) is 2. The van der Waals surface area contributed by atoms with E-state index in [1.54, 1.807) is 37.3 Å². The van der Waals surface area contributed by atoms with E-state index >= 15 is 0 Å². The number of azo groups is 1. The van der Waals surface area contributed by atoms with E-state index in [9.17, 15) is 9.59 Å². The van der Waals surface area contributed by atoms with E-state index in [-0.39, 0.29) is 10.7 Å². The van der Waals surface area contributed by atoms with Crippen molar-refractivity contribution in [3.8, 4) is 23.0 Å². The minimum absolute atomic E-state index is 0.153. The molecule has 1 atom stereocenters. The molecule has 2 aromatic carbocycles. The van der Waals surface area contributed by atoms with Crippen molar-refractivity contribution in [2.45, 2.75) is 26.8 Å². The Morgan fingerprint density at radius 3 is 2.22 bits per heavy atom. The van der Waals surface area contributed by atoms with Crippen molar-refractivity contribution in [2.24, 2.45) is 10.2 Å². The van der Waals surface area contributed by atoms with Gasteiger partial charge in [-0.25, -0.2) is 0 Å². The SMILES string of the molecule is CCOc1ccc(OCC)c(NC(=O)C(N=Nc2cc(OC)ccc2OC)C(C)=O)c1Cl. The van der Waals surface area contributed by atoms with Gasteiger partial charge in [-0.3, -0.25) is 9.59 Å². The van der Waals surface area contributed by atoms with Crippen molar-refractivity contribution >= 4 is 34.7 Å². The Kier molecular flexibility index (Phi) is 9.27. The van der Waals surface area contributed by atoms with Gasteiger partial charge in [0.2, 0.25) is 6.04 Å². The van der Waals surface area contributed by atoms with Crippen molar-refractivity contribution in [3.63, 3.8) is 0 Å². The van der Waals surface area contributed by atoms with E-state index in [0.717, 1.165) is 0 Å². The molecule has 0 saturated heterocycles. The van der Waals surface area contributed by atoms with E-state index < -0.39 is 17.7 Å². The standard InChI is InChI=1S/C22H26ClN3O6/c1-6-31-17-10-11-18(32-7-2)21(19(17)23)24-22(28)20(13(3)27)26-25-15-12-14(29-4)8-9-16(15)30-5/h8-12,20H,6-7H2,1-5H3,(H,24,28). The number of methoxy groups -OCH3 is 2. The number of carbonyl (C=O) groups excluding carboxylic acids is 2. The van der Waals surface area contributed by atoms with Gasteiger partial charge in [-0.1, -0.05) is 11.6 Å². The fraction of sp³-hybridized carbons (Fsp3) is 0.364. The molecule has 10 heteroatoms. The topological polar surface area (TPSA) is 108 Å². The first-order valence-electron chi connectivity index (χ1n) is 9.88. The Morgan fingerprint density at radius 2 is 1.62 bits per heavy atom. The summed E-state index contributed by atoms with van der Waals surface area (Å²) in [4.78, 5) is 25.1. The van der Waals surface area contributed by atoms with Crippen LogP contribution in [0.2, 0.25) is 5.02 Å². The second-order valence-electron chi connectivity index (χ2n) is 6.37. The van der Waals surface area contributed by atoms with Crippen LogP contribution in [0.5, 0.6) is 23.0 Å². The number of nitrogens with one attached hydrogen (secondary N) is 1. The Morgan fingerprint density at radius 1 is 1.00 bits per heavy atom. The van der Waals surface area contributed by atoms with Crippen LogP contribution in [0, 0.1) is 0 Å². The summed E-state index contributed by atoms with van der Waals surface area (Å²) in [5, 5.41) is 10.8. The molecule has 32 heavy (non-hydrogen) atoms. The highest BCUT2D eigenvalue weighted by Crippen LogP contribution is 2.40. The number of carbonyl (C=O) groups is 2. The van der Waals surface area contributed by atoms with Crippen molar-refractivity contribution in [1.29, 1.82) is 0 Å². The number of rotatable bonds is 11. The lowest BCUT2D eigenvalue weighted by Gasteiger charge is -2.17. The zero-order valence-electron chi connectivity index (χ0n) is 18.6. The van der Waals surface area contributed by atoms with Crippen LogP contribution in [0.1, 0.15) is 20.8 Å². The highest BCUT2D eigenvalue weighted by Gasteiger charge is 2.26. The molecule has 0 heterocycles. The Labute approximate surface area is 191 Å². The Bertz CT molecular complexity index is 996. The van der Waals surface area contributed by atoms with Crippen LogP contribution in [-0.2, 0) is 9.59 Å². The molecule has 9 nitrogen and oxygen atoms in total. The van der Waals surface area contributed by atoms with E-state index in [4.69, 9.17) is 30.5 Å². The lowest BCUT2D eigenvalue weighted by Crippen LogP contribution is -2.32. The van der Waals surface area contributed by atoms with Crippen LogP contribution in [-0.4, -0.2) is 45.2 Å². The van der Waals surface area contributed by atoms with Gasteiger partial charge in [0, 0.05) is 6.07 Å². The third-order valence-corrected chi connectivity index (χ3v) is 4.59. The summed E-state index contributed by atoms with van der Waals surface area (Å²) >= 11 is 6.41. The van der Waals surface area contributed by atoms with Crippen LogP contribution >= 0.6 is 11.6 Å². The fourth-order valence-corrected chi connectivity index (χ4v) is 2.96. The maximum Gasteiger partial charge on any atom is 0.258 e.